The number of rotatable bonds is 6. The van der Waals surface area contributed by atoms with E-state index in [2.05, 4.69) is 0 Å². The third-order valence-corrected chi connectivity index (χ3v) is 4.31. The second-order valence-electron chi connectivity index (χ2n) is 7.57. The van der Waals surface area contributed by atoms with Crippen LogP contribution in [0.3, 0.4) is 0 Å². The molecule has 0 saturated carbocycles. The van der Waals surface area contributed by atoms with Crippen LogP contribution < -0.4 is 15.3 Å². The molecule has 1 radical (unpaired) electrons. The van der Waals surface area contributed by atoms with Crippen LogP contribution in [-0.4, -0.2) is 17.9 Å². The summed E-state index contributed by atoms with van der Waals surface area (Å²) in [6.45, 7) is 15.4. The maximum Gasteiger partial charge on any atom is 3.00 e. The van der Waals surface area contributed by atoms with E-state index < -0.39 is 34.2 Å². The van der Waals surface area contributed by atoms with Crippen LogP contribution >= 0.6 is 0 Å². The van der Waals surface area contributed by atoms with Gasteiger partial charge in [-0.05, 0) is 19.3 Å². The van der Waals surface area contributed by atoms with Gasteiger partial charge in [0.2, 0.25) is 0 Å². The van der Waals surface area contributed by atoms with Crippen molar-refractivity contribution in [1.82, 2.24) is 0 Å². The fraction of sp³-hybridized carbons (Fsp3) is 0.833. The maximum absolute atomic E-state index is 10.1. The van der Waals surface area contributed by atoms with Gasteiger partial charge in [-0.3, -0.25) is 0 Å². The summed E-state index contributed by atoms with van der Waals surface area (Å²) < 4.78 is 0. The molecule has 0 rings (SSSR count). The zero-order valence-electron chi connectivity index (χ0n) is 17.1. The van der Waals surface area contributed by atoms with Gasteiger partial charge in [0, 0.05) is 34.2 Å². The van der Waals surface area contributed by atoms with Gasteiger partial charge in [0.25, 0.3) is 0 Å². The molecule has 0 aromatic rings. The molecule has 0 aromatic heterocycles. The Labute approximate surface area is 185 Å². The Kier molecular flexibility index (Phi) is 18.0. The molecule has 0 fully saturated rings. The van der Waals surface area contributed by atoms with E-state index in [1.807, 2.05) is 20.8 Å². The van der Waals surface area contributed by atoms with Crippen LogP contribution in [0.2, 0.25) is 0 Å². The van der Waals surface area contributed by atoms with Crippen molar-refractivity contribution in [2.75, 3.05) is 0 Å². The van der Waals surface area contributed by atoms with E-state index in [0.29, 0.717) is 19.3 Å². The first-order valence-electron chi connectivity index (χ1n) is 8.16. The minimum atomic E-state index is -0.972. The molecule has 0 amide bonds. The molecule has 0 heterocycles. The number of carboxylic acids is 3. The van der Waals surface area contributed by atoms with Crippen molar-refractivity contribution in [3.63, 3.8) is 0 Å². The molecule has 0 spiro atoms. The molecule has 0 aliphatic carbocycles. The van der Waals surface area contributed by atoms with Crippen molar-refractivity contribution in [2.24, 2.45) is 16.2 Å². The largest absolute Gasteiger partial charge is 3.00 e. The van der Waals surface area contributed by atoms with Gasteiger partial charge in [0.1, 0.15) is 0 Å². The van der Waals surface area contributed by atoms with Crippen molar-refractivity contribution < 1.29 is 70.5 Å². The normalized spacial score (nSPS) is 10.9. The molecule has 0 aliphatic heterocycles. The summed E-state index contributed by atoms with van der Waals surface area (Å²) >= 11 is 0. The monoisotopic (exact) mass is 487 g/mol. The van der Waals surface area contributed by atoms with Gasteiger partial charge in [0.05, 0.1) is 0 Å². The van der Waals surface area contributed by atoms with Crippen molar-refractivity contribution in [2.45, 2.75) is 81.6 Å². The first-order chi connectivity index (χ1) is 10.5. The summed E-state index contributed by atoms with van der Waals surface area (Å²) in [5.41, 5.74) is -1.96. The zero-order valence-corrected chi connectivity index (χ0v) is 20.3. The van der Waals surface area contributed by atoms with Gasteiger partial charge in [0.15, 0.2) is 0 Å². The summed E-state index contributed by atoms with van der Waals surface area (Å²) in [5, 5.41) is 30.4. The standard InChI is InChI=1S/3C6H12O2.Nd/c3*1-4-6(2,3)5(7)8;/h3*4H2,1-3H3,(H,7,8);/q;;;+3/p-3. The third-order valence-electron chi connectivity index (χ3n) is 4.31. The van der Waals surface area contributed by atoms with Crippen molar-refractivity contribution in [3.8, 4) is 0 Å². The Balaban J connectivity index is -0.000000130. The average Bonchev–Trinajstić information content (AvgIpc) is 2.47. The first-order valence-corrected chi connectivity index (χ1v) is 8.16. The van der Waals surface area contributed by atoms with E-state index in [4.69, 9.17) is 0 Å². The molecule has 145 valence electrons. The summed E-state index contributed by atoms with van der Waals surface area (Å²) in [4.78, 5) is 30.4. The van der Waals surface area contributed by atoms with Gasteiger partial charge in [-0.25, -0.2) is 0 Å². The Bertz CT molecular complexity index is 352. The third kappa shape index (κ3) is 15.7. The smallest absolute Gasteiger partial charge is 0.550 e. The van der Waals surface area contributed by atoms with Gasteiger partial charge in [-0.2, -0.15) is 0 Å². The van der Waals surface area contributed by atoms with Crippen LogP contribution in [0.1, 0.15) is 81.6 Å². The average molecular weight is 490 g/mol. The van der Waals surface area contributed by atoms with Crippen molar-refractivity contribution in [3.05, 3.63) is 0 Å². The number of carbonyl (C=O) groups excluding carboxylic acids is 3. The van der Waals surface area contributed by atoms with Gasteiger partial charge in [-0.15, -0.1) is 0 Å². The molecule has 0 aliphatic rings. The topological polar surface area (TPSA) is 120 Å². The van der Waals surface area contributed by atoms with Crippen LogP contribution in [0, 0.1) is 57.1 Å². The molecule has 0 atom stereocenters. The number of carboxylic acid groups (broad SMARTS) is 3. The number of hydrogen-bond acceptors (Lipinski definition) is 6. The quantitative estimate of drug-likeness (QED) is 0.536. The maximum atomic E-state index is 10.1. The Hall–Kier alpha value is -0.239. The zero-order chi connectivity index (χ0) is 20.4. The van der Waals surface area contributed by atoms with E-state index >= 15 is 0 Å². The SMILES string of the molecule is CCC(C)(C)C(=O)[O-].CCC(C)(C)C(=O)[O-].CCC(C)(C)C(=O)[O-].[Nd+3]. The van der Waals surface area contributed by atoms with Crippen molar-refractivity contribution >= 4 is 17.9 Å². The molecule has 6 nitrogen and oxygen atoms in total. The van der Waals surface area contributed by atoms with Crippen molar-refractivity contribution in [1.29, 1.82) is 0 Å². The number of carbonyl (C=O) groups is 3. The Morgan fingerprint density at radius 1 is 0.560 bits per heavy atom. The summed E-state index contributed by atoms with van der Waals surface area (Å²) in [6, 6.07) is 0. The van der Waals surface area contributed by atoms with E-state index in [-0.39, 0.29) is 40.8 Å². The van der Waals surface area contributed by atoms with Gasteiger partial charge >= 0.3 is 40.8 Å². The predicted octanol–water partition coefficient (Wildman–Crippen LogP) is 0.518. The van der Waals surface area contributed by atoms with E-state index in [0.717, 1.165) is 0 Å². The fourth-order valence-electron chi connectivity index (χ4n) is 0.433. The van der Waals surface area contributed by atoms with Crippen LogP contribution in [0.5, 0.6) is 0 Å². The Morgan fingerprint density at radius 3 is 0.680 bits per heavy atom. The minimum Gasteiger partial charge on any atom is -0.550 e. The minimum absolute atomic E-state index is 0. The summed E-state index contributed by atoms with van der Waals surface area (Å²) in [5.74, 6) is -2.92. The molecule has 0 unspecified atom stereocenters. The molecule has 0 saturated heterocycles. The van der Waals surface area contributed by atoms with Crippen LogP contribution in [-0.2, 0) is 14.4 Å². The second-order valence-corrected chi connectivity index (χ2v) is 7.57. The molecule has 7 heteroatoms. The summed E-state index contributed by atoms with van der Waals surface area (Å²) in [7, 11) is 0. The van der Waals surface area contributed by atoms with Crippen LogP contribution in [0.4, 0.5) is 0 Å². The molecular formula is C18H33NdO6. The van der Waals surface area contributed by atoms with E-state index in [1.54, 1.807) is 41.5 Å². The van der Waals surface area contributed by atoms with Crippen LogP contribution in [0.15, 0.2) is 0 Å². The number of aliphatic carboxylic acids is 3. The van der Waals surface area contributed by atoms with Gasteiger partial charge < -0.3 is 29.7 Å². The van der Waals surface area contributed by atoms with E-state index in [9.17, 15) is 29.7 Å². The Morgan fingerprint density at radius 2 is 0.680 bits per heavy atom. The number of hydrogen-bond donors (Lipinski definition) is 0. The predicted molar refractivity (Wildman–Crippen MR) is 87.2 cm³/mol. The first kappa shape index (κ1) is 32.4. The second kappa shape index (κ2) is 13.9. The molecule has 25 heavy (non-hydrogen) atoms. The van der Waals surface area contributed by atoms with Gasteiger partial charge in [-0.1, -0.05) is 62.3 Å². The molecular weight excluding hydrogens is 456 g/mol. The van der Waals surface area contributed by atoms with E-state index in [1.165, 1.54) is 0 Å². The molecule has 0 bridgehead atoms. The molecule has 0 aromatic carbocycles. The molecule has 0 N–H and O–H groups in total. The summed E-state index contributed by atoms with van der Waals surface area (Å²) in [6.07, 6.45) is 1.86. The fourth-order valence-corrected chi connectivity index (χ4v) is 0.433. The van der Waals surface area contributed by atoms with Crippen LogP contribution in [0.25, 0.3) is 0 Å².